The number of likely N-dealkylation sites (N-methyl/N-ethyl adjacent to an activating group) is 1. The van der Waals surface area contributed by atoms with Crippen LogP contribution in [0.4, 0.5) is 22.1 Å². The van der Waals surface area contributed by atoms with Gasteiger partial charge >= 0.3 is 6.03 Å². The molecule has 3 aromatic rings. The van der Waals surface area contributed by atoms with Crippen LogP contribution in [0.2, 0.25) is 0 Å². The normalized spacial score (nSPS) is 17.1. The zero-order valence-electron chi connectivity index (χ0n) is 24.4. The number of hydrogen-bond acceptors (Lipinski definition) is 11. The van der Waals surface area contributed by atoms with Crippen molar-refractivity contribution < 1.29 is 14.7 Å². The Bertz CT molecular complexity index is 1540. The molecule has 3 amide bonds. The van der Waals surface area contributed by atoms with E-state index in [1.165, 1.54) is 7.05 Å². The Kier molecular flexibility index (Phi) is 9.17. The lowest BCUT2D eigenvalue weighted by molar-refractivity contribution is -0.126. The molecule has 0 aliphatic carbocycles. The summed E-state index contributed by atoms with van der Waals surface area (Å²) in [4.78, 5) is 40.5. The topological polar surface area (TPSA) is 157 Å². The Morgan fingerprint density at radius 2 is 1.91 bits per heavy atom. The monoisotopic (exact) mass is 584 g/mol. The number of rotatable bonds is 8. The molecule has 13 nitrogen and oxygen atoms in total. The number of nitrogens with two attached hydrogens (primary N) is 1. The average molecular weight is 585 g/mol. The summed E-state index contributed by atoms with van der Waals surface area (Å²) in [6.45, 7) is 6.92. The molecule has 1 atom stereocenters. The number of para-hydroxylation sites is 1. The van der Waals surface area contributed by atoms with Crippen LogP contribution in [0, 0.1) is 11.8 Å². The minimum atomic E-state index is -0.491. The Labute approximate surface area is 250 Å². The Balaban J connectivity index is 1.19. The number of urea groups is 1. The number of amides is 3. The number of nitrogens with zero attached hydrogens (tertiary/aromatic N) is 8. The van der Waals surface area contributed by atoms with E-state index in [9.17, 15) is 14.7 Å². The third kappa shape index (κ3) is 6.92. The van der Waals surface area contributed by atoms with Crippen molar-refractivity contribution in [3.8, 4) is 28.8 Å². The number of nitrogen functional groups attached to an aromatic ring is 1. The molecular weight excluding hydrogens is 548 g/mol. The zero-order valence-corrected chi connectivity index (χ0v) is 24.4. The Morgan fingerprint density at radius 1 is 1.12 bits per heavy atom. The quantitative estimate of drug-likeness (QED) is 0.261. The molecule has 4 N–H and O–H groups in total. The maximum absolute atomic E-state index is 12.1. The van der Waals surface area contributed by atoms with Crippen LogP contribution in [0.25, 0.3) is 11.3 Å². The first kappa shape index (κ1) is 29.5. The van der Waals surface area contributed by atoms with Gasteiger partial charge in [-0.15, -0.1) is 10.2 Å². The van der Waals surface area contributed by atoms with Crippen LogP contribution in [-0.4, -0.2) is 106 Å². The number of carbonyl (C=O) groups is 2. The lowest BCUT2D eigenvalue weighted by Crippen LogP contribution is -2.35. The van der Waals surface area contributed by atoms with Gasteiger partial charge in [0.2, 0.25) is 5.82 Å². The summed E-state index contributed by atoms with van der Waals surface area (Å²) in [5.74, 6) is 7.77. The molecule has 4 heterocycles. The van der Waals surface area contributed by atoms with E-state index in [-0.39, 0.29) is 17.7 Å². The van der Waals surface area contributed by atoms with Crippen molar-refractivity contribution in [2.24, 2.45) is 0 Å². The van der Waals surface area contributed by atoms with E-state index in [4.69, 9.17) is 10.7 Å². The first-order chi connectivity index (χ1) is 20.8. The van der Waals surface area contributed by atoms with Gasteiger partial charge in [-0.25, -0.2) is 14.8 Å². The van der Waals surface area contributed by atoms with Gasteiger partial charge in [-0.05, 0) is 49.6 Å². The summed E-state index contributed by atoms with van der Waals surface area (Å²) in [5.41, 5.74) is 8.19. The van der Waals surface area contributed by atoms with Crippen LogP contribution in [0.5, 0.6) is 5.75 Å². The van der Waals surface area contributed by atoms with Crippen LogP contribution in [0.1, 0.15) is 25.6 Å². The minimum Gasteiger partial charge on any atom is -0.507 e. The van der Waals surface area contributed by atoms with E-state index in [0.29, 0.717) is 55.5 Å². The fourth-order valence-electron chi connectivity index (χ4n) is 5.17. The molecule has 2 aromatic heterocycles. The summed E-state index contributed by atoms with van der Waals surface area (Å²) < 4.78 is 0. The van der Waals surface area contributed by atoms with Gasteiger partial charge in [0.15, 0.2) is 5.82 Å². The molecule has 2 aliphatic heterocycles. The molecule has 1 unspecified atom stereocenters. The molecule has 43 heavy (non-hydrogen) atoms. The summed E-state index contributed by atoms with van der Waals surface area (Å²) in [5, 5.41) is 21.4. The molecule has 2 saturated heterocycles. The van der Waals surface area contributed by atoms with Gasteiger partial charge in [0.1, 0.15) is 17.6 Å². The third-order valence-corrected chi connectivity index (χ3v) is 7.70. The number of aromatic nitrogens is 4. The number of anilines is 3. The maximum atomic E-state index is 12.1. The van der Waals surface area contributed by atoms with Gasteiger partial charge in [0.25, 0.3) is 5.91 Å². The number of benzene rings is 1. The van der Waals surface area contributed by atoms with Crippen LogP contribution >= 0.6 is 0 Å². The highest BCUT2D eigenvalue weighted by Crippen LogP contribution is 2.31. The van der Waals surface area contributed by atoms with Gasteiger partial charge in [0.05, 0.1) is 17.9 Å². The zero-order chi connectivity index (χ0) is 30.3. The van der Waals surface area contributed by atoms with E-state index in [0.717, 1.165) is 42.5 Å². The standard InChI is InChI=1S/C30H36N10O3/c1-3-38(17-12-22-29(42)37(2)30(43)33-22)14-6-10-26-32-13-11-27(34-26)40-16-7-15-39(18-19-40)24-20-23(35-36-28(24)31)21-8-4-5-9-25(21)41/h4-5,8-9,11,13,20,22,41H,3,7,12,14-19H2,1-2H3,(H2,31,36)(H,33,43). The van der Waals surface area contributed by atoms with Crippen molar-refractivity contribution in [1.82, 2.24) is 35.3 Å². The first-order valence-electron chi connectivity index (χ1n) is 14.4. The van der Waals surface area contributed by atoms with E-state index < -0.39 is 6.04 Å². The summed E-state index contributed by atoms with van der Waals surface area (Å²) in [6.07, 6.45) is 3.13. The smallest absolute Gasteiger partial charge is 0.324 e. The van der Waals surface area contributed by atoms with Gasteiger partial charge < -0.3 is 26.0 Å². The van der Waals surface area contributed by atoms with E-state index >= 15 is 0 Å². The lowest BCUT2D eigenvalue weighted by Gasteiger charge is -2.25. The fourth-order valence-corrected chi connectivity index (χ4v) is 5.17. The number of aromatic hydroxyl groups is 1. The Hall–Kier alpha value is -4.96. The van der Waals surface area contributed by atoms with Crippen LogP contribution in [0.15, 0.2) is 42.6 Å². The van der Waals surface area contributed by atoms with Crippen molar-refractivity contribution in [1.29, 1.82) is 0 Å². The molecule has 5 rings (SSSR count). The second kappa shape index (κ2) is 13.3. The number of phenolic OH excluding ortho intramolecular Hbond substituents is 1. The van der Waals surface area contributed by atoms with Crippen molar-refractivity contribution >= 4 is 29.3 Å². The van der Waals surface area contributed by atoms with Gasteiger partial charge in [-0.1, -0.05) is 25.0 Å². The molecule has 0 saturated carbocycles. The number of phenols is 1. The Morgan fingerprint density at radius 3 is 2.67 bits per heavy atom. The molecule has 0 spiro atoms. The first-order valence-corrected chi connectivity index (χ1v) is 14.4. The maximum Gasteiger partial charge on any atom is 0.324 e. The predicted molar refractivity (Wildman–Crippen MR) is 163 cm³/mol. The van der Waals surface area contributed by atoms with Gasteiger partial charge in [-0.3, -0.25) is 14.6 Å². The molecule has 0 bridgehead atoms. The van der Waals surface area contributed by atoms with Crippen molar-refractivity contribution in [3.63, 3.8) is 0 Å². The molecule has 1 aromatic carbocycles. The van der Waals surface area contributed by atoms with Gasteiger partial charge in [0, 0.05) is 51.5 Å². The largest absolute Gasteiger partial charge is 0.507 e. The number of nitrogens with one attached hydrogen (secondary N) is 1. The fraction of sp³-hybridized carbons (Fsp3) is 0.400. The highest BCUT2D eigenvalue weighted by molar-refractivity contribution is 6.03. The second-order valence-electron chi connectivity index (χ2n) is 10.4. The van der Waals surface area contributed by atoms with Crippen molar-refractivity contribution in [2.45, 2.75) is 25.8 Å². The molecule has 13 heteroatoms. The molecular formula is C30H36N10O3. The molecule has 2 aliphatic rings. The molecule has 224 valence electrons. The number of carbonyl (C=O) groups excluding carboxylic acids is 2. The summed E-state index contributed by atoms with van der Waals surface area (Å²) >= 11 is 0. The van der Waals surface area contributed by atoms with E-state index in [2.05, 4.69) is 47.0 Å². The second-order valence-corrected chi connectivity index (χ2v) is 10.4. The van der Waals surface area contributed by atoms with Crippen LogP contribution in [0.3, 0.4) is 0 Å². The van der Waals surface area contributed by atoms with E-state index in [1.807, 2.05) is 25.1 Å². The van der Waals surface area contributed by atoms with Crippen LogP contribution < -0.4 is 20.9 Å². The molecule has 2 fully saturated rings. The van der Waals surface area contributed by atoms with Crippen LogP contribution in [-0.2, 0) is 4.79 Å². The lowest BCUT2D eigenvalue weighted by atomic mass is 10.1. The minimum absolute atomic E-state index is 0.142. The van der Waals surface area contributed by atoms with Crippen molar-refractivity contribution in [3.05, 3.63) is 48.4 Å². The van der Waals surface area contributed by atoms with Gasteiger partial charge in [-0.2, -0.15) is 0 Å². The molecule has 0 radical (unpaired) electrons. The number of imide groups is 1. The summed E-state index contributed by atoms with van der Waals surface area (Å²) in [6, 6.07) is 9.96. The van der Waals surface area contributed by atoms with Crippen molar-refractivity contribution in [2.75, 3.05) is 68.4 Å². The average Bonchev–Trinajstić information content (AvgIpc) is 3.17. The highest BCUT2D eigenvalue weighted by Gasteiger charge is 2.34. The third-order valence-electron chi connectivity index (χ3n) is 7.70. The highest BCUT2D eigenvalue weighted by atomic mass is 16.3. The predicted octanol–water partition coefficient (Wildman–Crippen LogP) is 1.55. The van der Waals surface area contributed by atoms with E-state index in [1.54, 1.807) is 24.4 Å². The SMILES string of the molecule is CCN(CC#Cc1nccc(N2CCCN(c3cc(-c4ccccc4O)nnc3N)CC2)n1)CCC1NC(=O)N(C)C1=O. The summed E-state index contributed by atoms with van der Waals surface area (Å²) in [7, 11) is 1.49. The number of hydrogen-bond donors (Lipinski definition) is 3.